The van der Waals surface area contributed by atoms with Gasteiger partial charge in [-0.1, -0.05) is 80.2 Å². The third-order valence-corrected chi connectivity index (χ3v) is 11.3. The van der Waals surface area contributed by atoms with E-state index in [9.17, 15) is 14.7 Å². The maximum Gasteiger partial charge on any atom is 0.140 e. The van der Waals surface area contributed by atoms with Gasteiger partial charge in [-0.3, -0.25) is 19.6 Å². The summed E-state index contributed by atoms with van der Waals surface area (Å²) in [6, 6.07) is 53.7. The molecule has 6 aromatic carbocycles. The first-order valence-corrected chi connectivity index (χ1v) is 21.8. The van der Waals surface area contributed by atoms with Crippen LogP contribution in [0.5, 0.6) is 0 Å². The topological polar surface area (TPSA) is 141 Å². The third kappa shape index (κ3) is 17.9. The molecule has 1 radical (unpaired) electrons. The van der Waals surface area contributed by atoms with Gasteiger partial charge in [-0.05, 0) is 85.7 Å². The summed E-state index contributed by atoms with van der Waals surface area (Å²) in [5, 5.41) is 38.3. The van der Waals surface area contributed by atoms with Gasteiger partial charge in [0.15, 0.2) is 0 Å². The van der Waals surface area contributed by atoms with Gasteiger partial charge in [-0.25, -0.2) is 0 Å². The van der Waals surface area contributed by atoms with E-state index < -0.39 is 6.10 Å². The van der Waals surface area contributed by atoms with E-state index in [2.05, 4.69) is 34.2 Å². The van der Waals surface area contributed by atoms with Crippen LogP contribution in [0.15, 0.2) is 157 Å². The summed E-state index contributed by atoms with van der Waals surface area (Å²) < 4.78 is 2.45. The van der Waals surface area contributed by atoms with Gasteiger partial charge in [-0.2, -0.15) is 22.7 Å². The minimum atomic E-state index is -0.609. The molecular weight excluding hydrogens is 1020 g/mol. The summed E-state index contributed by atoms with van der Waals surface area (Å²) in [5.41, 5.74) is 8.17. The van der Waals surface area contributed by atoms with Crippen LogP contribution in [-0.2, 0) is 55.7 Å². The van der Waals surface area contributed by atoms with Crippen molar-refractivity contribution in [3.8, 4) is 21.1 Å². The molecule has 8 rings (SSSR count). The summed E-state index contributed by atoms with van der Waals surface area (Å²) in [6.07, 6.45) is 3.24. The molecule has 2 heterocycles. The summed E-state index contributed by atoms with van der Waals surface area (Å²) >= 11 is 3.42. The number of carbonyl (C=O) groups is 2. The Bertz CT molecular complexity index is 2430. The number of aliphatic hydroxyl groups is 4. The molecule has 8 aromatic rings. The van der Waals surface area contributed by atoms with Crippen molar-refractivity contribution in [3.63, 3.8) is 0 Å². The van der Waals surface area contributed by atoms with E-state index in [-0.39, 0.29) is 64.5 Å². The number of carbonyl (C=O) groups excluding carboxylic acids is 2. The standard InChI is InChI=1S/2C13H8NS.C13H18O3.C13H16O3.CH4.Ir/c2*1-2-6-10(7-3-1)13-14-11-8-4-5-9-12(11)15-13;2*1-10(15)8-13(16)7-6-11-2-4-12(9-14)5-3-11;;/h2*1-6,8-9H;2-5,8,13-16H,6-7,9H2,1H3;2-5,14H,6-9H2,1H3;1H4;/q2*-1;;;;. The van der Waals surface area contributed by atoms with Gasteiger partial charge >= 0.3 is 0 Å². The SMILES string of the molecule is C.CC(=O)CC(=O)CCc1ccc(CO)cc1.CC(O)=CC(O)CCc1ccc(CO)cc1.[Ir].[c-]1ccccc1-c1nc2ccccc2s1.[c-]1ccccc1-c1nc2ccccc2s1. The Kier molecular flexibility index (Phi) is 23.4. The Morgan fingerprint density at radius 1 is 0.625 bits per heavy atom. The zero-order valence-corrected chi connectivity index (χ0v) is 39.1. The predicted octanol–water partition coefficient (Wildman–Crippen LogP) is 11.8. The van der Waals surface area contributed by atoms with E-state index in [0.717, 1.165) is 60.9 Å². The summed E-state index contributed by atoms with van der Waals surface area (Å²) in [7, 11) is 0. The fourth-order valence-electron chi connectivity index (χ4n) is 5.98. The summed E-state index contributed by atoms with van der Waals surface area (Å²) in [6.45, 7) is 3.05. The molecule has 0 fully saturated rings. The Morgan fingerprint density at radius 2 is 1.05 bits per heavy atom. The van der Waals surface area contributed by atoms with Crippen LogP contribution in [0.1, 0.15) is 62.8 Å². The van der Waals surface area contributed by atoms with E-state index in [0.29, 0.717) is 19.3 Å². The third-order valence-electron chi connectivity index (χ3n) is 9.18. The Labute approximate surface area is 398 Å². The van der Waals surface area contributed by atoms with Crippen molar-refractivity contribution in [2.24, 2.45) is 0 Å². The molecule has 2 aromatic heterocycles. The zero-order chi connectivity index (χ0) is 44.1. The van der Waals surface area contributed by atoms with Crippen molar-refractivity contribution in [1.82, 2.24) is 9.97 Å². The van der Waals surface area contributed by atoms with Crippen LogP contribution < -0.4 is 0 Å². The molecule has 0 bridgehead atoms. The van der Waals surface area contributed by atoms with Gasteiger partial charge in [-0.15, -0.1) is 71.8 Å². The fourth-order valence-corrected chi connectivity index (χ4v) is 7.88. The van der Waals surface area contributed by atoms with E-state index in [4.69, 9.17) is 15.3 Å². The molecule has 64 heavy (non-hydrogen) atoms. The minimum Gasteiger partial charge on any atom is -0.513 e. The maximum absolute atomic E-state index is 11.3. The van der Waals surface area contributed by atoms with Crippen LogP contribution in [0.4, 0.5) is 0 Å². The van der Waals surface area contributed by atoms with Crippen LogP contribution in [0.3, 0.4) is 0 Å². The Hall–Kier alpha value is -5.49. The number of rotatable bonds is 13. The summed E-state index contributed by atoms with van der Waals surface area (Å²) in [4.78, 5) is 31.1. The van der Waals surface area contributed by atoms with E-state index in [1.807, 2.05) is 133 Å². The maximum atomic E-state index is 11.3. The number of ketones is 2. The van der Waals surface area contributed by atoms with Gasteiger partial charge < -0.3 is 20.4 Å². The van der Waals surface area contributed by atoms with E-state index in [1.54, 1.807) is 29.6 Å². The van der Waals surface area contributed by atoms with Crippen LogP contribution >= 0.6 is 22.7 Å². The van der Waals surface area contributed by atoms with Crippen LogP contribution in [-0.4, -0.2) is 48.1 Å². The largest absolute Gasteiger partial charge is 0.513 e. The molecule has 8 nitrogen and oxygen atoms in total. The number of benzene rings is 6. The fraction of sp³-hybridized carbons (Fsp3) is 0.208. The molecule has 0 saturated carbocycles. The number of Topliss-reactive ketones (excluding diaryl/α,β-unsaturated/α-hetero) is 2. The molecule has 0 amide bonds. The van der Waals surface area contributed by atoms with Gasteiger partial charge in [0.1, 0.15) is 11.6 Å². The van der Waals surface area contributed by atoms with Gasteiger partial charge in [0, 0.05) is 45.9 Å². The molecule has 0 aliphatic heterocycles. The number of nitrogens with zero attached hydrogens (tertiary/aromatic N) is 2. The number of para-hydroxylation sites is 2. The van der Waals surface area contributed by atoms with Crippen molar-refractivity contribution in [2.45, 2.75) is 72.7 Å². The van der Waals surface area contributed by atoms with Crippen LogP contribution in [0.25, 0.3) is 41.6 Å². The predicted molar refractivity (Wildman–Crippen MR) is 259 cm³/mol. The number of aromatic nitrogens is 2. The van der Waals surface area contributed by atoms with Gasteiger partial charge in [0.05, 0.1) is 42.5 Å². The first kappa shape index (κ1) is 52.9. The number of allylic oxidation sites excluding steroid dienone is 1. The number of aliphatic hydroxyl groups excluding tert-OH is 4. The van der Waals surface area contributed by atoms with Gasteiger partial charge in [0.25, 0.3) is 0 Å². The Balaban J connectivity index is 0.000000224. The van der Waals surface area contributed by atoms with Crippen molar-refractivity contribution in [1.29, 1.82) is 0 Å². The number of fused-ring (bicyclic) bond motifs is 2. The normalized spacial score (nSPS) is 11.0. The molecule has 0 aliphatic carbocycles. The van der Waals surface area contributed by atoms with E-state index in [1.165, 1.54) is 22.4 Å². The number of thiazole rings is 2. The number of aryl methyl sites for hydroxylation is 2. The number of hydrogen-bond donors (Lipinski definition) is 4. The molecule has 11 heteroatoms. The van der Waals surface area contributed by atoms with Crippen LogP contribution in [0.2, 0.25) is 0 Å². The smallest absolute Gasteiger partial charge is 0.140 e. The molecule has 1 unspecified atom stereocenters. The quantitative estimate of drug-likeness (QED) is 0.0508. The van der Waals surface area contributed by atoms with Crippen molar-refractivity contribution < 1.29 is 50.1 Å². The average Bonchev–Trinajstić information content (AvgIpc) is 3.94. The molecular formula is C53H54IrN2O6S2-2. The molecule has 0 aliphatic rings. The first-order valence-electron chi connectivity index (χ1n) is 20.2. The molecule has 4 N–H and O–H groups in total. The van der Waals surface area contributed by atoms with Crippen LogP contribution in [0, 0.1) is 12.1 Å². The molecule has 0 spiro atoms. The molecule has 0 saturated heterocycles. The second kappa shape index (κ2) is 28.3. The second-order valence-electron chi connectivity index (χ2n) is 14.3. The monoisotopic (exact) mass is 1070 g/mol. The van der Waals surface area contributed by atoms with Crippen molar-refractivity contribution in [3.05, 3.63) is 192 Å². The van der Waals surface area contributed by atoms with Crippen molar-refractivity contribution >= 4 is 54.7 Å². The van der Waals surface area contributed by atoms with Crippen molar-refractivity contribution in [2.75, 3.05) is 0 Å². The second-order valence-corrected chi connectivity index (χ2v) is 16.4. The average molecular weight is 1070 g/mol. The minimum absolute atomic E-state index is 0. The summed E-state index contributed by atoms with van der Waals surface area (Å²) in [5.74, 6) is 0.0440. The molecule has 335 valence electrons. The number of hydrogen-bond acceptors (Lipinski definition) is 10. The Morgan fingerprint density at radius 3 is 1.44 bits per heavy atom. The molecule has 1 atom stereocenters. The zero-order valence-electron chi connectivity index (χ0n) is 35.1. The van der Waals surface area contributed by atoms with Gasteiger partial charge in [0.2, 0.25) is 0 Å². The van der Waals surface area contributed by atoms with E-state index >= 15 is 0 Å². The first-order chi connectivity index (χ1) is 30.1.